The molecule has 4 nitrogen and oxygen atoms in total. The van der Waals surface area contributed by atoms with Crippen LogP contribution in [0.15, 0.2) is 47.4 Å². The highest BCUT2D eigenvalue weighted by atomic mass is 35.5. The van der Waals surface area contributed by atoms with Crippen molar-refractivity contribution in [3.63, 3.8) is 0 Å². The molecule has 21 heavy (non-hydrogen) atoms. The monoisotopic (exact) mass is 328 g/mol. The molecule has 0 saturated heterocycles. The molecule has 0 saturated carbocycles. The molecule has 2 aromatic rings. The molecular formula is C14H14ClFN2O2S. The number of hydrogen-bond donors (Lipinski definition) is 2. The zero-order valence-corrected chi connectivity index (χ0v) is 12.6. The second-order valence-electron chi connectivity index (χ2n) is 4.51. The molecule has 0 aliphatic carbocycles. The topological polar surface area (TPSA) is 72.2 Å². The Morgan fingerprint density at radius 2 is 1.86 bits per heavy atom. The summed E-state index contributed by atoms with van der Waals surface area (Å²) in [5.74, 6) is -0.454. The Kier molecular flexibility index (Phi) is 4.95. The normalized spacial score (nSPS) is 11.6. The molecule has 3 N–H and O–H groups in total. The molecule has 0 bridgehead atoms. The third-order valence-electron chi connectivity index (χ3n) is 2.90. The van der Waals surface area contributed by atoms with E-state index in [1.54, 1.807) is 24.3 Å². The minimum absolute atomic E-state index is 0.0516. The van der Waals surface area contributed by atoms with Gasteiger partial charge in [-0.05, 0) is 23.8 Å². The summed E-state index contributed by atoms with van der Waals surface area (Å²) in [4.78, 5) is 0.0516. The molecule has 0 amide bonds. The van der Waals surface area contributed by atoms with E-state index in [9.17, 15) is 12.8 Å². The molecule has 0 heterocycles. The molecule has 0 fully saturated rings. The molecule has 0 atom stereocenters. The smallest absolute Gasteiger partial charge is 0.238 e. The van der Waals surface area contributed by atoms with Crippen LogP contribution in [-0.2, 0) is 23.1 Å². The largest absolute Gasteiger partial charge is 0.309 e. The van der Waals surface area contributed by atoms with Gasteiger partial charge in [-0.25, -0.2) is 17.9 Å². The lowest BCUT2D eigenvalue weighted by Gasteiger charge is -2.08. The van der Waals surface area contributed by atoms with Gasteiger partial charge in [-0.1, -0.05) is 35.9 Å². The molecule has 0 radical (unpaired) electrons. The first-order chi connectivity index (χ1) is 9.88. The molecule has 2 aromatic carbocycles. The van der Waals surface area contributed by atoms with Crippen LogP contribution in [0, 0.1) is 5.82 Å². The van der Waals surface area contributed by atoms with Gasteiger partial charge in [0, 0.05) is 18.7 Å². The fourth-order valence-corrected chi connectivity index (χ4v) is 2.64. The van der Waals surface area contributed by atoms with E-state index in [2.05, 4.69) is 5.32 Å². The minimum Gasteiger partial charge on any atom is -0.309 e. The van der Waals surface area contributed by atoms with Crippen molar-refractivity contribution in [2.45, 2.75) is 18.0 Å². The predicted molar refractivity (Wildman–Crippen MR) is 79.8 cm³/mol. The lowest BCUT2D eigenvalue weighted by molar-refractivity contribution is 0.588. The number of halogens is 2. The minimum atomic E-state index is -3.72. The van der Waals surface area contributed by atoms with E-state index < -0.39 is 15.8 Å². The number of sulfonamides is 1. The quantitative estimate of drug-likeness (QED) is 0.885. The lowest BCUT2D eigenvalue weighted by Crippen LogP contribution is -2.15. The first-order valence-electron chi connectivity index (χ1n) is 6.13. The average molecular weight is 329 g/mol. The van der Waals surface area contributed by atoms with Gasteiger partial charge < -0.3 is 5.32 Å². The van der Waals surface area contributed by atoms with Gasteiger partial charge in [0.25, 0.3) is 0 Å². The van der Waals surface area contributed by atoms with Crippen LogP contribution in [0.4, 0.5) is 4.39 Å². The average Bonchev–Trinajstić information content (AvgIpc) is 2.43. The van der Waals surface area contributed by atoms with Gasteiger partial charge in [0.2, 0.25) is 10.0 Å². The number of primary sulfonamides is 1. The summed E-state index contributed by atoms with van der Waals surface area (Å²) in [5.41, 5.74) is 1.19. The van der Waals surface area contributed by atoms with Crippen LogP contribution in [0.5, 0.6) is 0 Å². The summed E-state index contributed by atoms with van der Waals surface area (Å²) in [7, 11) is -3.72. The third kappa shape index (κ3) is 4.25. The fourth-order valence-electron chi connectivity index (χ4n) is 1.86. The van der Waals surface area contributed by atoms with Gasteiger partial charge in [-0.15, -0.1) is 0 Å². The van der Waals surface area contributed by atoms with E-state index in [1.807, 2.05) is 0 Å². The molecule has 7 heteroatoms. The van der Waals surface area contributed by atoms with Gasteiger partial charge in [0.1, 0.15) is 5.82 Å². The molecule has 112 valence electrons. The summed E-state index contributed by atoms with van der Waals surface area (Å²) in [6.07, 6.45) is 0. The highest BCUT2D eigenvalue weighted by molar-refractivity contribution is 7.89. The van der Waals surface area contributed by atoms with Gasteiger partial charge >= 0.3 is 0 Å². The Bertz CT molecular complexity index is 750. The molecule has 0 unspecified atom stereocenters. The van der Waals surface area contributed by atoms with E-state index in [0.29, 0.717) is 12.1 Å². The summed E-state index contributed by atoms with van der Waals surface area (Å²) in [5, 5.41) is 8.17. The Morgan fingerprint density at radius 3 is 2.57 bits per heavy atom. The Labute approximate surface area is 127 Å². The van der Waals surface area contributed by atoms with E-state index in [4.69, 9.17) is 16.7 Å². The first-order valence-corrected chi connectivity index (χ1v) is 8.06. The van der Waals surface area contributed by atoms with E-state index in [-0.39, 0.29) is 16.5 Å². The number of nitrogens with two attached hydrogens (primary N) is 1. The van der Waals surface area contributed by atoms with Crippen molar-refractivity contribution in [1.29, 1.82) is 0 Å². The van der Waals surface area contributed by atoms with E-state index >= 15 is 0 Å². The van der Waals surface area contributed by atoms with Crippen molar-refractivity contribution in [2.24, 2.45) is 5.14 Å². The fraction of sp³-hybridized carbons (Fsp3) is 0.143. The number of nitrogens with one attached hydrogen (secondary N) is 1. The van der Waals surface area contributed by atoms with Gasteiger partial charge in [-0.3, -0.25) is 0 Å². The van der Waals surface area contributed by atoms with Crippen molar-refractivity contribution < 1.29 is 12.8 Å². The van der Waals surface area contributed by atoms with Crippen molar-refractivity contribution in [1.82, 2.24) is 5.32 Å². The molecule has 2 rings (SSSR count). The highest BCUT2D eigenvalue weighted by Gasteiger charge is 2.08. The maximum absolute atomic E-state index is 13.7. The molecule has 0 spiro atoms. The van der Waals surface area contributed by atoms with Gasteiger partial charge in [0.15, 0.2) is 0 Å². The maximum Gasteiger partial charge on any atom is 0.238 e. The Balaban J connectivity index is 2.03. The number of rotatable bonds is 5. The Hall–Kier alpha value is -1.47. The highest BCUT2D eigenvalue weighted by Crippen LogP contribution is 2.17. The van der Waals surface area contributed by atoms with E-state index in [0.717, 1.165) is 5.56 Å². The molecular weight excluding hydrogens is 315 g/mol. The van der Waals surface area contributed by atoms with Crippen LogP contribution < -0.4 is 10.5 Å². The molecule has 0 aliphatic rings. The predicted octanol–water partition coefficient (Wildman–Crippen LogP) is 2.42. The van der Waals surface area contributed by atoms with Crippen LogP contribution in [0.3, 0.4) is 0 Å². The second-order valence-corrected chi connectivity index (χ2v) is 6.48. The molecule has 0 aliphatic heterocycles. The second kappa shape index (κ2) is 6.53. The SMILES string of the molecule is NS(=O)(=O)c1cccc(CNCc2cccc(Cl)c2F)c1. The lowest BCUT2D eigenvalue weighted by atomic mass is 10.2. The van der Waals surface area contributed by atoms with Crippen molar-refractivity contribution in [2.75, 3.05) is 0 Å². The van der Waals surface area contributed by atoms with Crippen molar-refractivity contribution >= 4 is 21.6 Å². The standard InChI is InChI=1S/C14H14ClFN2O2S/c15-13-6-2-4-11(14(13)16)9-18-8-10-3-1-5-12(7-10)21(17,19)20/h1-7,18H,8-9H2,(H2,17,19,20). The number of hydrogen-bond acceptors (Lipinski definition) is 3. The zero-order chi connectivity index (χ0) is 15.5. The summed E-state index contributed by atoms with van der Waals surface area (Å²) in [6.45, 7) is 0.668. The van der Waals surface area contributed by atoms with Crippen molar-refractivity contribution in [3.05, 3.63) is 64.4 Å². The summed E-state index contributed by atoms with van der Waals surface area (Å²) >= 11 is 5.70. The van der Waals surface area contributed by atoms with Crippen LogP contribution in [0.25, 0.3) is 0 Å². The van der Waals surface area contributed by atoms with Gasteiger partial charge in [0.05, 0.1) is 9.92 Å². The van der Waals surface area contributed by atoms with Crippen LogP contribution >= 0.6 is 11.6 Å². The third-order valence-corrected chi connectivity index (χ3v) is 4.11. The van der Waals surface area contributed by atoms with Crippen molar-refractivity contribution in [3.8, 4) is 0 Å². The van der Waals surface area contributed by atoms with Gasteiger partial charge in [-0.2, -0.15) is 0 Å². The van der Waals surface area contributed by atoms with Crippen LogP contribution in [-0.4, -0.2) is 8.42 Å². The Morgan fingerprint density at radius 1 is 1.14 bits per heavy atom. The van der Waals surface area contributed by atoms with Crippen LogP contribution in [0.2, 0.25) is 5.02 Å². The van der Waals surface area contributed by atoms with Crippen LogP contribution in [0.1, 0.15) is 11.1 Å². The van der Waals surface area contributed by atoms with E-state index in [1.165, 1.54) is 18.2 Å². The summed E-state index contributed by atoms with van der Waals surface area (Å²) < 4.78 is 36.2. The number of benzene rings is 2. The zero-order valence-electron chi connectivity index (χ0n) is 11.0. The summed E-state index contributed by atoms with van der Waals surface area (Å²) in [6, 6.07) is 11.1. The maximum atomic E-state index is 13.7. The molecule has 0 aromatic heterocycles. The first kappa shape index (κ1) is 15.9.